The largest absolute Gasteiger partial charge is 0.369 e. The van der Waals surface area contributed by atoms with E-state index in [9.17, 15) is 4.79 Å². The van der Waals surface area contributed by atoms with Gasteiger partial charge in [-0.25, -0.2) is 4.98 Å². The van der Waals surface area contributed by atoms with Crippen molar-refractivity contribution >= 4 is 23.2 Å². The standard InChI is InChI=1S/C28H37ClN6O/c1-5-35(24-8-6-23(7-9-24)33(3)4)26-17-22(29)16-25(20(26)2)28(36)32-18-27-31-14-15-34(27)19-21-10-12-30-13-11-21/h10-17,23-24H,5-9,18-19H2,1-4H3,(H,32,36)/t23-,24-. The SMILES string of the molecule is CCN(c1cc(Cl)cc(C(=O)NCc2nccn2Cc2ccncc2)c1C)[C@H]1CC[C@H](N(C)C)CC1. The van der Waals surface area contributed by atoms with Gasteiger partial charge in [0, 0.05) is 66.2 Å². The molecule has 0 unspecified atom stereocenters. The van der Waals surface area contributed by atoms with Crippen LogP contribution in [0.1, 0.15) is 59.9 Å². The average molecular weight is 509 g/mol. The van der Waals surface area contributed by atoms with Gasteiger partial charge in [-0.2, -0.15) is 0 Å². The Morgan fingerprint density at radius 1 is 1.11 bits per heavy atom. The number of nitrogens with one attached hydrogen (secondary N) is 1. The summed E-state index contributed by atoms with van der Waals surface area (Å²) in [6.07, 6.45) is 11.9. The molecule has 192 valence electrons. The van der Waals surface area contributed by atoms with Crippen molar-refractivity contribution in [3.8, 4) is 0 Å². The van der Waals surface area contributed by atoms with E-state index in [4.69, 9.17) is 11.6 Å². The summed E-state index contributed by atoms with van der Waals surface area (Å²) >= 11 is 6.55. The monoisotopic (exact) mass is 508 g/mol. The Balaban J connectivity index is 1.47. The summed E-state index contributed by atoms with van der Waals surface area (Å²) in [5, 5.41) is 3.64. The number of hydrogen-bond donors (Lipinski definition) is 1. The number of rotatable bonds is 9. The van der Waals surface area contributed by atoms with E-state index in [-0.39, 0.29) is 5.91 Å². The molecule has 1 aliphatic carbocycles. The molecule has 1 aliphatic rings. The topological polar surface area (TPSA) is 66.3 Å². The highest BCUT2D eigenvalue weighted by molar-refractivity contribution is 6.31. The van der Waals surface area contributed by atoms with Crippen LogP contribution in [0.5, 0.6) is 0 Å². The molecule has 0 bridgehead atoms. The number of halogens is 1. The summed E-state index contributed by atoms with van der Waals surface area (Å²) in [7, 11) is 4.33. The zero-order valence-corrected chi connectivity index (χ0v) is 22.5. The second-order valence-corrected chi connectivity index (χ2v) is 10.3. The van der Waals surface area contributed by atoms with Crippen molar-refractivity contribution in [2.24, 2.45) is 0 Å². The van der Waals surface area contributed by atoms with Gasteiger partial charge in [0.15, 0.2) is 0 Å². The third-order valence-electron chi connectivity index (χ3n) is 7.39. The summed E-state index contributed by atoms with van der Waals surface area (Å²) in [5.74, 6) is 0.662. The smallest absolute Gasteiger partial charge is 0.252 e. The van der Waals surface area contributed by atoms with Gasteiger partial charge >= 0.3 is 0 Å². The normalized spacial score (nSPS) is 17.8. The molecule has 0 spiro atoms. The third kappa shape index (κ3) is 6.08. The first kappa shape index (κ1) is 26.2. The Morgan fingerprint density at radius 3 is 2.47 bits per heavy atom. The molecule has 1 fully saturated rings. The van der Waals surface area contributed by atoms with Gasteiger partial charge in [-0.3, -0.25) is 9.78 Å². The molecule has 1 aromatic carbocycles. The molecule has 2 aromatic heterocycles. The number of nitrogens with zero attached hydrogens (tertiary/aromatic N) is 5. The van der Waals surface area contributed by atoms with Gasteiger partial charge < -0.3 is 19.7 Å². The van der Waals surface area contributed by atoms with Crippen LogP contribution in [0.3, 0.4) is 0 Å². The molecule has 0 radical (unpaired) electrons. The van der Waals surface area contributed by atoms with Crippen molar-refractivity contribution in [2.45, 2.75) is 64.7 Å². The lowest BCUT2D eigenvalue weighted by atomic mass is 9.89. The zero-order chi connectivity index (χ0) is 25.7. The average Bonchev–Trinajstić information content (AvgIpc) is 3.32. The van der Waals surface area contributed by atoms with Gasteiger partial charge in [-0.1, -0.05) is 11.6 Å². The van der Waals surface area contributed by atoms with E-state index in [1.807, 2.05) is 35.9 Å². The molecule has 2 heterocycles. The summed E-state index contributed by atoms with van der Waals surface area (Å²) in [6, 6.07) is 8.84. The van der Waals surface area contributed by atoms with Crippen LogP contribution in [-0.4, -0.2) is 58.1 Å². The maximum Gasteiger partial charge on any atom is 0.252 e. The maximum atomic E-state index is 13.3. The van der Waals surface area contributed by atoms with E-state index in [1.165, 1.54) is 12.8 Å². The molecule has 3 aromatic rings. The van der Waals surface area contributed by atoms with E-state index >= 15 is 0 Å². The number of carbonyl (C=O) groups is 1. The number of benzene rings is 1. The molecular weight excluding hydrogens is 472 g/mol. The van der Waals surface area contributed by atoms with Crippen LogP contribution in [0.4, 0.5) is 5.69 Å². The van der Waals surface area contributed by atoms with Crippen LogP contribution >= 0.6 is 11.6 Å². The van der Waals surface area contributed by atoms with E-state index in [0.29, 0.717) is 35.8 Å². The molecule has 4 rings (SSSR count). The molecular formula is C28H37ClN6O. The second kappa shape index (κ2) is 11.9. The molecule has 0 saturated heterocycles. The molecule has 1 amide bonds. The number of carbonyl (C=O) groups excluding carboxylic acids is 1. The predicted molar refractivity (Wildman–Crippen MR) is 146 cm³/mol. The molecule has 36 heavy (non-hydrogen) atoms. The summed E-state index contributed by atoms with van der Waals surface area (Å²) < 4.78 is 2.04. The van der Waals surface area contributed by atoms with Gasteiger partial charge in [0.05, 0.1) is 6.54 Å². The number of hydrogen-bond acceptors (Lipinski definition) is 5. The van der Waals surface area contributed by atoms with E-state index in [1.54, 1.807) is 24.7 Å². The van der Waals surface area contributed by atoms with Crippen LogP contribution < -0.4 is 10.2 Å². The number of amides is 1. The lowest BCUT2D eigenvalue weighted by Gasteiger charge is -2.40. The quantitative estimate of drug-likeness (QED) is 0.444. The minimum Gasteiger partial charge on any atom is -0.369 e. The van der Waals surface area contributed by atoms with Gasteiger partial charge in [0.1, 0.15) is 5.82 Å². The third-order valence-corrected chi connectivity index (χ3v) is 7.61. The Kier molecular flexibility index (Phi) is 8.64. The van der Waals surface area contributed by atoms with E-state index in [0.717, 1.165) is 42.0 Å². The van der Waals surface area contributed by atoms with Gasteiger partial charge in [0.2, 0.25) is 0 Å². The highest BCUT2D eigenvalue weighted by Crippen LogP contribution is 2.34. The highest BCUT2D eigenvalue weighted by Gasteiger charge is 2.28. The Labute approximate surface area is 219 Å². The highest BCUT2D eigenvalue weighted by atomic mass is 35.5. The fraction of sp³-hybridized carbons (Fsp3) is 0.464. The molecule has 0 aliphatic heterocycles. The molecule has 7 nitrogen and oxygen atoms in total. The number of imidazole rings is 1. The summed E-state index contributed by atoms with van der Waals surface area (Å²) in [5.41, 5.74) is 3.77. The first-order valence-corrected chi connectivity index (χ1v) is 13.2. The van der Waals surface area contributed by atoms with Crippen molar-refractivity contribution in [1.82, 2.24) is 24.8 Å². The van der Waals surface area contributed by atoms with Gasteiger partial charge in [-0.15, -0.1) is 0 Å². The number of pyridine rings is 1. The lowest BCUT2D eigenvalue weighted by Crippen LogP contribution is -2.42. The molecule has 0 atom stereocenters. The fourth-order valence-electron chi connectivity index (χ4n) is 5.30. The van der Waals surface area contributed by atoms with Gasteiger partial charge in [0.25, 0.3) is 5.91 Å². The van der Waals surface area contributed by atoms with Crippen LogP contribution in [0, 0.1) is 6.92 Å². The minimum absolute atomic E-state index is 0.137. The molecule has 1 N–H and O–H groups in total. The summed E-state index contributed by atoms with van der Waals surface area (Å²) in [6.45, 7) is 6.10. The van der Waals surface area contributed by atoms with E-state index in [2.05, 4.69) is 46.1 Å². The van der Waals surface area contributed by atoms with Crippen molar-refractivity contribution in [3.05, 3.63) is 76.6 Å². The van der Waals surface area contributed by atoms with Crippen LogP contribution in [0.25, 0.3) is 0 Å². The second-order valence-electron chi connectivity index (χ2n) is 9.82. The van der Waals surface area contributed by atoms with Crippen molar-refractivity contribution in [3.63, 3.8) is 0 Å². The number of aromatic nitrogens is 3. The van der Waals surface area contributed by atoms with Crippen LogP contribution in [-0.2, 0) is 13.1 Å². The van der Waals surface area contributed by atoms with Crippen molar-refractivity contribution in [1.29, 1.82) is 0 Å². The Bertz CT molecular complexity index is 1150. The molecule has 1 saturated carbocycles. The van der Waals surface area contributed by atoms with Crippen LogP contribution in [0.15, 0.2) is 49.1 Å². The minimum atomic E-state index is -0.137. The zero-order valence-electron chi connectivity index (χ0n) is 21.7. The van der Waals surface area contributed by atoms with E-state index < -0.39 is 0 Å². The van der Waals surface area contributed by atoms with Crippen LogP contribution in [0.2, 0.25) is 5.02 Å². The lowest BCUT2D eigenvalue weighted by molar-refractivity contribution is 0.0949. The fourth-order valence-corrected chi connectivity index (χ4v) is 5.51. The first-order valence-electron chi connectivity index (χ1n) is 12.8. The first-order chi connectivity index (χ1) is 17.4. The Hall–Kier alpha value is -2.90. The number of anilines is 1. The van der Waals surface area contributed by atoms with Crippen molar-refractivity contribution < 1.29 is 4.79 Å². The predicted octanol–water partition coefficient (Wildman–Crippen LogP) is 4.92. The maximum absolute atomic E-state index is 13.3. The van der Waals surface area contributed by atoms with Crippen molar-refractivity contribution in [2.75, 3.05) is 25.5 Å². The summed E-state index contributed by atoms with van der Waals surface area (Å²) in [4.78, 5) is 26.6. The molecule has 8 heteroatoms. The van der Waals surface area contributed by atoms with Gasteiger partial charge in [-0.05, 0) is 89.0 Å². The Morgan fingerprint density at radius 2 is 1.81 bits per heavy atom.